The molecule has 1 aliphatic carbocycles. The van der Waals surface area contributed by atoms with Gasteiger partial charge in [-0.1, -0.05) is 24.3 Å². The van der Waals surface area contributed by atoms with Crippen molar-refractivity contribution in [3.63, 3.8) is 0 Å². The van der Waals surface area contributed by atoms with Crippen LogP contribution in [0.3, 0.4) is 0 Å². The highest BCUT2D eigenvalue weighted by Crippen LogP contribution is 2.50. The van der Waals surface area contributed by atoms with Crippen molar-refractivity contribution in [1.82, 2.24) is 5.32 Å². The van der Waals surface area contributed by atoms with Crippen LogP contribution in [-0.2, 0) is 5.72 Å². The minimum atomic E-state index is -2.23. The third-order valence-corrected chi connectivity index (χ3v) is 3.63. The fourth-order valence-corrected chi connectivity index (χ4v) is 2.77. The zero-order chi connectivity index (χ0) is 13.1. The smallest absolute Gasteiger partial charge is 0.216 e. The molecule has 0 bridgehead atoms. The van der Waals surface area contributed by atoms with E-state index in [9.17, 15) is 15.0 Å². The zero-order valence-electron chi connectivity index (χ0n) is 9.56. The maximum Gasteiger partial charge on any atom is 0.216 e. The SMILES string of the molecule is CC1=C(C#N)[C@@]2(O)C(=O)c3ccccc3[C@]2(O)N1. The van der Waals surface area contributed by atoms with E-state index in [-0.39, 0.29) is 11.1 Å². The van der Waals surface area contributed by atoms with Gasteiger partial charge in [0.1, 0.15) is 6.07 Å². The van der Waals surface area contributed by atoms with Crippen LogP contribution in [0.2, 0.25) is 0 Å². The monoisotopic (exact) mass is 242 g/mol. The van der Waals surface area contributed by atoms with Gasteiger partial charge < -0.3 is 15.5 Å². The van der Waals surface area contributed by atoms with E-state index in [4.69, 9.17) is 5.26 Å². The molecule has 1 aromatic carbocycles. The van der Waals surface area contributed by atoms with Crippen molar-refractivity contribution in [2.24, 2.45) is 0 Å². The van der Waals surface area contributed by atoms with Crippen LogP contribution in [0.15, 0.2) is 35.5 Å². The maximum atomic E-state index is 12.3. The highest BCUT2D eigenvalue weighted by molar-refractivity contribution is 6.11. The number of nitrogens with one attached hydrogen (secondary N) is 1. The van der Waals surface area contributed by atoms with Crippen molar-refractivity contribution >= 4 is 5.78 Å². The first-order chi connectivity index (χ1) is 8.46. The van der Waals surface area contributed by atoms with Gasteiger partial charge in [0.2, 0.25) is 17.1 Å². The number of ketones is 1. The lowest BCUT2D eigenvalue weighted by atomic mass is 9.86. The molecule has 5 heteroatoms. The summed E-state index contributed by atoms with van der Waals surface area (Å²) in [4.78, 5) is 12.3. The second-order valence-corrected chi connectivity index (χ2v) is 4.53. The number of nitriles is 1. The van der Waals surface area contributed by atoms with Gasteiger partial charge in [0.25, 0.3) is 0 Å². The number of hydrogen-bond donors (Lipinski definition) is 3. The minimum absolute atomic E-state index is 0.133. The summed E-state index contributed by atoms with van der Waals surface area (Å²) in [5.74, 6) is -0.651. The molecule has 0 saturated heterocycles. The summed E-state index contributed by atoms with van der Waals surface area (Å²) in [6.07, 6.45) is 0. The van der Waals surface area contributed by atoms with E-state index in [1.54, 1.807) is 31.2 Å². The summed E-state index contributed by atoms with van der Waals surface area (Å²) < 4.78 is 0. The van der Waals surface area contributed by atoms with Gasteiger partial charge >= 0.3 is 0 Å². The van der Waals surface area contributed by atoms with E-state index in [0.29, 0.717) is 11.3 Å². The predicted molar refractivity (Wildman–Crippen MR) is 61.1 cm³/mol. The lowest BCUT2D eigenvalue weighted by molar-refractivity contribution is -0.104. The molecule has 90 valence electrons. The Balaban J connectivity index is 2.35. The number of hydrogen-bond acceptors (Lipinski definition) is 5. The van der Waals surface area contributed by atoms with E-state index in [0.717, 1.165) is 0 Å². The number of benzene rings is 1. The second-order valence-electron chi connectivity index (χ2n) is 4.53. The van der Waals surface area contributed by atoms with Crippen molar-refractivity contribution in [3.8, 4) is 6.07 Å². The van der Waals surface area contributed by atoms with E-state index >= 15 is 0 Å². The summed E-state index contributed by atoms with van der Waals surface area (Å²) in [6.45, 7) is 1.54. The quantitative estimate of drug-likeness (QED) is 0.602. The average Bonchev–Trinajstić information content (AvgIpc) is 2.65. The van der Waals surface area contributed by atoms with E-state index in [1.807, 2.05) is 0 Å². The van der Waals surface area contributed by atoms with Crippen molar-refractivity contribution < 1.29 is 15.0 Å². The molecule has 0 aromatic heterocycles. The van der Waals surface area contributed by atoms with Gasteiger partial charge in [0, 0.05) is 16.8 Å². The number of carbonyl (C=O) groups is 1. The Morgan fingerprint density at radius 1 is 1.33 bits per heavy atom. The Kier molecular flexibility index (Phi) is 1.82. The summed E-state index contributed by atoms with van der Waals surface area (Å²) in [6, 6.07) is 8.20. The van der Waals surface area contributed by atoms with Gasteiger partial charge in [-0.3, -0.25) is 4.79 Å². The first-order valence-electron chi connectivity index (χ1n) is 5.45. The lowest BCUT2D eigenvalue weighted by Crippen LogP contribution is -2.55. The molecule has 0 fully saturated rings. The Labute approximate surface area is 103 Å². The van der Waals surface area contributed by atoms with Crippen LogP contribution < -0.4 is 5.32 Å². The molecule has 18 heavy (non-hydrogen) atoms. The number of carbonyl (C=O) groups excluding carboxylic acids is 1. The molecule has 2 aliphatic rings. The van der Waals surface area contributed by atoms with E-state index < -0.39 is 17.1 Å². The summed E-state index contributed by atoms with van der Waals surface area (Å²) in [5, 5.41) is 32.9. The van der Waals surface area contributed by atoms with Crippen LogP contribution in [0.5, 0.6) is 0 Å². The first-order valence-corrected chi connectivity index (χ1v) is 5.45. The molecule has 1 aliphatic heterocycles. The normalized spacial score (nSPS) is 32.9. The number of rotatable bonds is 0. The van der Waals surface area contributed by atoms with Gasteiger partial charge in [0.05, 0.1) is 5.57 Å². The fourth-order valence-electron chi connectivity index (χ4n) is 2.77. The molecule has 3 N–H and O–H groups in total. The van der Waals surface area contributed by atoms with E-state index in [2.05, 4.69) is 5.32 Å². The highest BCUT2D eigenvalue weighted by atomic mass is 16.4. The minimum Gasteiger partial charge on any atom is -0.372 e. The highest BCUT2D eigenvalue weighted by Gasteiger charge is 2.68. The largest absolute Gasteiger partial charge is 0.372 e. The third kappa shape index (κ3) is 0.883. The number of Topliss-reactive ketones (excluding diaryl/α,β-unsaturated/α-hetero) is 1. The fraction of sp³-hybridized carbons (Fsp3) is 0.231. The Hall–Kier alpha value is -2.16. The maximum absolute atomic E-state index is 12.3. The van der Waals surface area contributed by atoms with Crippen molar-refractivity contribution in [3.05, 3.63) is 46.7 Å². The van der Waals surface area contributed by atoms with Crippen LogP contribution in [0.4, 0.5) is 0 Å². The molecular weight excluding hydrogens is 232 g/mol. The van der Waals surface area contributed by atoms with Crippen LogP contribution in [-0.4, -0.2) is 21.6 Å². The average molecular weight is 242 g/mol. The molecule has 0 spiro atoms. The van der Waals surface area contributed by atoms with Crippen LogP contribution in [0, 0.1) is 11.3 Å². The molecule has 2 atom stereocenters. The van der Waals surface area contributed by atoms with Gasteiger partial charge in [-0.2, -0.15) is 5.26 Å². The molecule has 0 amide bonds. The molecule has 1 heterocycles. The van der Waals surface area contributed by atoms with Gasteiger partial charge in [-0.05, 0) is 6.92 Å². The number of fused-ring (bicyclic) bond motifs is 3. The summed E-state index contributed by atoms with van der Waals surface area (Å²) in [7, 11) is 0. The number of aliphatic hydroxyl groups is 2. The number of allylic oxidation sites excluding steroid dienone is 1. The van der Waals surface area contributed by atoms with Gasteiger partial charge in [-0.15, -0.1) is 0 Å². The first kappa shape index (κ1) is 11.0. The third-order valence-electron chi connectivity index (χ3n) is 3.63. The molecule has 0 saturated carbocycles. The molecule has 3 rings (SSSR count). The van der Waals surface area contributed by atoms with Crippen molar-refractivity contribution in [2.45, 2.75) is 18.2 Å². The Morgan fingerprint density at radius 3 is 2.67 bits per heavy atom. The van der Waals surface area contributed by atoms with Gasteiger partial charge in [-0.25, -0.2) is 0 Å². The second kappa shape index (κ2) is 2.99. The van der Waals surface area contributed by atoms with Crippen LogP contribution >= 0.6 is 0 Å². The summed E-state index contributed by atoms with van der Waals surface area (Å²) in [5.41, 5.74) is -3.47. The van der Waals surface area contributed by atoms with Crippen LogP contribution in [0.1, 0.15) is 22.8 Å². The number of nitrogens with zero attached hydrogens (tertiary/aromatic N) is 1. The molecule has 0 radical (unpaired) electrons. The lowest BCUT2D eigenvalue weighted by Gasteiger charge is -2.31. The molecule has 5 nitrogen and oxygen atoms in total. The Morgan fingerprint density at radius 2 is 2.00 bits per heavy atom. The predicted octanol–water partition coefficient (Wildman–Crippen LogP) is 0.160. The molecule has 1 aromatic rings. The van der Waals surface area contributed by atoms with E-state index in [1.165, 1.54) is 6.07 Å². The Bertz CT molecular complexity index is 658. The molecule has 0 unspecified atom stereocenters. The topological polar surface area (TPSA) is 93.3 Å². The van der Waals surface area contributed by atoms with Gasteiger partial charge in [0.15, 0.2) is 0 Å². The van der Waals surface area contributed by atoms with Crippen LogP contribution in [0.25, 0.3) is 0 Å². The standard InChI is InChI=1S/C13H10N2O3/c1-7-10(6-14)12(17)11(16)8-4-2-3-5-9(8)13(12,18)15-7/h2-5,15,17-18H,1H3/t12-,13-/m1/s1. The molecular formula is C13H10N2O3. The van der Waals surface area contributed by atoms with Crippen molar-refractivity contribution in [2.75, 3.05) is 0 Å². The summed E-state index contributed by atoms with van der Waals surface area (Å²) >= 11 is 0. The van der Waals surface area contributed by atoms with Crippen molar-refractivity contribution in [1.29, 1.82) is 5.26 Å². The zero-order valence-corrected chi connectivity index (χ0v) is 9.56.